The Morgan fingerprint density at radius 1 is 1.12 bits per heavy atom. The first kappa shape index (κ1) is 30.5. The molecule has 3 aromatic rings. The Morgan fingerprint density at radius 3 is 2.45 bits per heavy atom. The van der Waals surface area contributed by atoms with Crippen molar-refractivity contribution in [2.45, 2.75) is 72.3 Å². The first-order valence-electron chi connectivity index (χ1n) is 13.3. The summed E-state index contributed by atoms with van der Waals surface area (Å²) in [6, 6.07) is 11.3. The number of amides is 1. The Kier molecular flexibility index (Phi) is 9.47. The maximum Gasteiger partial charge on any atom is 0.408 e. The second-order valence-corrected chi connectivity index (χ2v) is 10.1. The highest BCUT2D eigenvalue weighted by Gasteiger charge is 2.40. The highest BCUT2D eigenvalue weighted by Crippen LogP contribution is 2.37. The molecule has 0 unspecified atom stereocenters. The third-order valence-electron chi connectivity index (χ3n) is 6.31. The molecule has 0 aliphatic carbocycles. The number of alkyl carbamates (subject to hydrolysis) is 1. The SMILES string of the molecule is CC.CC[C@](C=O)(OC(=O)CNC(=O)OC(C)(C)C)c1cc2n(c(=O)c1COC)Cc1cc3ccccc3nc1-2. The number of ether oxygens (including phenoxy) is 3. The second-order valence-electron chi connectivity index (χ2n) is 10.1. The van der Waals surface area contributed by atoms with E-state index in [0.717, 1.165) is 16.5 Å². The van der Waals surface area contributed by atoms with E-state index in [1.807, 2.05) is 44.2 Å². The van der Waals surface area contributed by atoms with Gasteiger partial charge in [-0.1, -0.05) is 39.0 Å². The fourth-order valence-corrected chi connectivity index (χ4v) is 4.56. The van der Waals surface area contributed by atoms with E-state index < -0.39 is 29.8 Å². The Hall–Kier alpha value is -4.05. The summed E-state index contributed by atoms with van der Waals surface area (Å²) >= 11 is 0. The predicted octanol–water partition coefficient (Wildman–Crippen LogP) is 4.47. The summed E-state index contributed by atoms with van der Waals surface area (Å²) < 4.78 is 17.7. The van der Waals surface area contributed by atoms with Crippen LogP contribution in [0.3, 0.4) is 0 Å². The summed E-state index contributed by atoms with van der Waals surface area (Å²) in [5.41, 5.74) is 0.324. The summed E-state index contributed by atoms with van der Waals surface area (Å²) in [6.45, 7) is 10.5. The minimum Gasteiger partial charge on any atom is -0.445 e. The van der Waals surface area contributed by atoms with E-state index in [2.05, 4.69) is 5.32 Å². The van der Waals surface area contributed by atoms with Gasteiger partial charge in [0.25, 0.3) is 5.56 Å². The van der Waals surface area contributed by atoms with Crippen molar-refractivity contribution >= 4 is 29.3 Å². The molecule has 0 bridgehead atoms. The van der Waals surface area contributed by atoms with E-state index in [0.29, 0.717) is 24.2 Å². The molecule has 1 atom stereocenters. The molecule has 214 valence electrons. The summed E-state index contributed by atoms with van der Waals surface area (Å²) in [6.07, 6.45) is -0.243. The molecule has 3 heterocycles. The number of rotatable bonds is 8. The van der Waals surface area contributed by atoms with Gasteiger partial charge >= 0.3 is 12.1 Å². The Balaban J connectivity index is 0.00000216. The van der Waals surface area contributed by atoms with Crippen LogP contribution in [0.5, 0.6) is 0 Å². The largest absolute Gasteiger partial charge is 0.445 e. The fourth-order valence-electron chi connectivity index (χ4n) is 4.56. The van der Waals surface area contributed by atoms with Crippen LogP contribution in [0.2, 0.25) is 0 Å². The molecule has 1 N–H and O–H groups in total. The average Bonchev–Trinajstić information content (AvgIpc) is 3.28. The summed E-state index contributed by atoms with van der Waals surface area (Å²) in [4.78, 5) is 55.8. The molecule has 10 nitrogen and oxygen atoms in total. The van der Waals surface area contributed by atoms with E-state index in [1.54, 1.807) is 38.3 Å². The molecule has 1 aliphatic heterocycles. The zero-order valence-corrected chi connectivity index (χ0v) is 24.1. The van der Waals surface area contributed by atoms with Crippen LogP contribution in [-0.2, 0) is 42.6 Å². The minimum absolute atomic E-state index is 0.0479. The number of hydrogen-bond acceptors (Lipinski definition) is 8. The number of benzene rings is 1. The van der Waals surface area contributed by atoms with Gasteiger partial charge in [-0.15, -0.1) is 0 Å². The van der Waals surface area contributed by atoms with E-state index in [-0.39, 0.29) is 29.7 Å². The standard InChI is InChI=1S/C28H31N3O7.C2H6/c1-6-28(16-32,37-23(33)13-29-26(35)38-27(2,3)4)20-12-22-24-18(11-17-9-7-8-10-21(17)30-24)14-31(22)25(34)19(20)15-36-5;1-2/h7-12,16H,6,13-15H2,1-5H3,(H,29,35);1-2H3/t28-;/m1./s1. The second kappa shape index (κ2) is 12.4. The van der Waals surface area contributed by atoms with Crippen LogP contribution in [0.25, 0.3) is 22.3 Å². The molecule has 0 saturated carbocycles. The molecule has 1 amide bonds. The van der Waals surface area contributed by atoms with Crippen molar-refractivity contribution in [1.82, 2.24) is 14.9 Å². The van der Waals surface area contributed by atoms with Gasteiger partial charge in [0, 0.05) is 23.6 Å². The quantitative estimate of drug-likeness (QED) is 0.251. The number of aldehydes is 1. The molecule has 0 fully saturated rings. The van der Waals surface area contributed by atoms with Crippen LogP contribution in [0.1, 0.15) is 64.7 Å². The number of carbonyl (C=O) groups excluding carboxylic acids is 3. The van der Waals surface area contributed by atoms with Gasteiger partial charge in [0.1, 0.15) is 12.1 Å². The van der Waals surface area contributed by atoms with E-state index in [4.69, 9.17) is 19.2 Å². The van der Waals surface area contributed by atoms with Gasteiger partial charge in [0.2, 0.25) is 0 Å². The number of carbonyl (C=O) groups is 3. The van der Waals surface area contributed by atoms with Crippen molar-refractivity contribution in [3.05, 3.63) is 63.4 Å². The molecule has 4 rings (SSSR count). The normalized spacial score (nSPS) is 13.3. The van der Waals surface area contributed by atoms with Crippen LogP contribution in [0.4, 0.5) is 4.79 Å². The molecule has 0 spiro atoms. The zero-order chi connectivity index (χ0) is 29.7. The van der Waals surface area contributed by atoms with Crippen molar-refractivity contribution in [2.24, 2.45) is 0 Å². The number of methoxy groups -OCH3 is 1. The Morgan fingerprint density at radius 2 is 1.82 bits per heavy atom. The monoisotopic (exact) mass is 551 g/mol. The third kappa shape index (κ3) is 6.22. The van der Waals surface area contributed by atoms with E-state index in [9.17, 15) is 19.2 Å². The van der Waals surface area contributed by atoms with Crippen LogP contribution < -0.4 is 10.9 Å². The van der Waals surface area contributed by atoms with Crippen LogP contribution >= 0.6 is 0 Å². The van der Waals surface area contributed by atoms with Crippen molar-refractivity contribution in [1.29, 1.82) is 0 Å². The molecule has 2 aromatic heterocycles. The summed E-state index contributed by atoms with van der Waals surface area (Å²) in [5, 5.41) is 3.28. The number of fused-ring (bicyclic) bond motifs is 4. The molecule has 1 aromatic carbocycles. The first-order valence-corrected chi connectivity index (χ1v) is 13.3. The maximum atomic E-state index is 13.7. The summed E-state index contributed by atoms with van der Waals surface area (Å²) in [7, 11) is 1.44. The molecule has 40 heavy (non-hydrogen) atoms. The number of hydrogen-bond donors (Lipinski definition) is 1. The molecule has 0 radical (unpaired) electrons. The van der Waals surface area contributed by atoms with Crippen molar-refractivity contribution in [2.75, 3.05) is 13.7 Å². The van der Waals surface area contributed by atoms with Gasteiger partial charge in [-0.25, -0.2) is 9.78 Å². The smallest absolute Gasteiger partial charge is 0.408 e. The number of aromatic nitrogens is 2. The minimum atomic E-state index is -1.78. The van der Waals surface area contributed by atoms with Crippen LogP contribution in [0, 0.1) is 0 Å². The molecular weight excluding hydrogens is 514 g/mol. The van der Waals surface area contributed by atoms with E-state index in [1.165, 1.54) is 7.11 Å². The fraction of sp³-hybridized carbons (Fsp3) is 0.433. The number of para-hydroxylation sites is 1. The van der Waals surface area contributed by atoms with E-state index >= 15 is 0 Å². The van der Waals surface area contributed by atoms with Crippen LogP contribution in [0.15, 0.2) is 41.2 Å². The number of nitrogens with one attached hydrogen (secondary N) is 1. The van der Waals surface area contributed by atoms with Crippen molar-refractivity contribution in [3.63, 3.8) is 0 Å². The van der Waals surface area contributed by atoms with Crippen molar-refractivity contribution in [3.8, 4) is 11.4 Å². The molecule has 0 saturated heterocycles. The lowest BCUT2D eigenvalue weighted by Crippen LogP contribution is -2.42. The molecule has 1 aliphatic rings. The molecule has 10 heteroatoms. The van der Waals surface area contributed by atoms with Gasteiger partial charge in [-0.3, -0.25) is 14.4 Å². The highest BCUT2D eigenvalue weighted by atomic mass is 16.6. The zero-order valence-electron chi connectivity index (χ0n) is 24.1. The lowest BCUT2D eigenvalue weighted by Gasteiger charge is -2.30. The number of esters is 1. The highest BCUT2D eigenvalue weighted by molar-refractivity contribution is 5.85. The Labute approximate surface area is 233 Å². The van der Waals surface area contributed by atoms with Gasteiger partial charge < -0.3 is 24.1 Å². The predicted molar refractivity (Wildman–Crippen MR) is 151 cm³/mol. The molecular formula is C30H37N3O7. The topological polar surface area (TPSA) is 126 Å². The van der Waals surface area contributed by atoms with Crippen molar-refractivity contribution < 1.29 is 28.6 Å². The third-order valence-corrected chi connectivity index (χ3v) is 6.31. The first-order chi connectivity index (χ1) is 19.0. The average molecular weight is 552 g/mol. The number of nitrogens with zero attached hydrogens (tertiary/aromatic N) is 2. The lowest BCUT2D eigenvalue weighted by atomic mass is 9.88. The van der Waals surface area contributed by atoms with Gasteiger partial charge in [-0.2, -0.15) is 0 Å². The van der Waals surface area contributed by atoms with Gasteiger partial charge in [0.15, 0.2) is 11.9 Å². The summed E-state index contributed by atoms with van der Waals surface area (Å²) in [5.74, 6) is -0.863. The van der Waals surface area contributed by atoms with Crippen LogP contribution in [-0.4, -0.2) is 47.2 Å². The maximum absolute atomic E-state index is 13.7. The van der Waals surface area contributed by atoms with Gasteiger partial charge in [-0.05, 0) is 45.4 Å². The Bertz CT molecular complexity index is 1470. The lowest BCUT2D eigenvalue weighted by molar-refractivity contribution is -0.163. The van der Waals surface area contributed by atoms with Gasteiger partial charge in [0.05, 0.1) is 35.6 Å². The number of pyridine rings is 2.